The van der Waals surface area contributed by atoms with E-state index in [0.717, 1.165) is 18.2 Å². The van der Waals surface area contributed by atoms with Crippen LogP contribution in [0.5, 0.6) is 11.5 Å². The molecule has 0 radical (unpaired) electrons. The zero-order valence-corrected chi connectivity index (χ0v) is 14.2. The van der Waals surface area contributed by atoms with E-state index in [4.69, 9.17) is 9.47 Å². The molecule has 2 aromatic carbocycles. The van der Waals surface area contributed by atoms with Gasteiger partial charge >= 0.3 is 5.97 Å². The van der Waals surface area contributed by atoms with Crippen LogP contribution < -0.4 is 20.3 Å². The van der Waals surface area contributed by atoms with Gasteiger partial charge in [0.15, 0.2) is 18.1 Å². The molecule has 0 saturated carbocycles. The van der Waals surface area contributed by atoms with Gasteiger partial charge in [0, 0.05) is 0 Å². The van der Waals surface area contributed by atoms with Gasteiger partial charge in [-0.2, -0.15) is 0 Å². The van der Waals surface area contributed by atoms with Crippen LogP contribution in [0, 0.1) is 11.6 Å². The van der Waals surface area contributed by atoms with E-state index in [1.807, 2.05) is 5.43 Å². The Morgan fingerprint density at radius 1 is 1.00 bits per heavy atom. The van der Waals surface area contributed by atoms with E-state index in [9.17, 15) is 23.2 Å². The third-order valence-corrected chi connectivity index (χ3v) is 3.63. The van der Waals surface area contributed by atoms with E-state index in [-0.39, 0.29) is 6.61 Å². The molecule has 0 saturated heterocycles. The Morgan fingerprint density at radius 3 is 2.39 bits per heavy atom. The molecule has 0 spiro atoms. The minimum Gasteiger partial charge on any atom is -0.485 e. The van der Waals surface area contributed by atoms with E-state index in [0.29, 0.717) is 11.5 Å². The highest BCUT2D eigenvalue weighted by Crippen LogP contribution is 2.30. The number of hydrogen-bond donors (Lipinski definition) is 2. The first-order valence-electron chi connectivity index (χ1n) is 8.04. The number of halogens is 2. The number of benzene rings is 2. The fraction of sp³-hybridized carbons (Fsp3) is 0.167. The molecule has 0 fully saturated rings. The molecule has 146 valence electrons. The number of esters is 1. The number of fused-ring (bicyclic) bond motifs is 1. The molecule has 1 aliphatic heterocycles. The summed E-state index contributed by atoms with van der Waals surface area (Å²) in [6.07, 6.45) is -1.01. The second kappa shape index (κ2) is 8.33. The number of nitrogens with one attached hydrogen (secondary N) is 2. The van der Waals surface area contributed by atoms with E-state index >= 15 is 0 Å². The fourth-order valence-electron chi connectivity index (χ4n) is 2.29. The second-order valence-electron chi connectivity index (χ2n) is 5.57. The van der Waals surface area contributed by atoms with Crippen molar-refractivity contribution < 1.29 is 37.4 Å². The average molecular weight is 392 g/mol. The molecule has 8 nitrogen and oxygen atoms in total. The quantitative estimate of drug-likeness (QED) is 0.597. The van der Waals surface area contributed by atoms with Crippen molar-refractivity contribution in [2.24, 2.45) is 0 Å². The van der Waals surface area contributed by atoms with Gasteiger partial charge in [-0.05, 0) is 24.3 Å². The van der Waals surface area contributed by atoms with Crippen molar-refractivity contribution in [1.82, 2.24) is 10.9 Å². The van der Waals surface area contributed by atoms with E-state index in [1.165, 1.54) is 0 Å². The van der Waals surface area contributed by atoms with Crippen molar-refractivity contribution in [1.29, 1.82) is 0 Å². The number of hydrogen-bond acceptors (Lipinski definition) is 6. The van der Waals surface area contributed by atoms with Gasteiger partial charge in [0.25, 0.3) is 11.8 Å². The van der Waals surface area contributed by atoms with Crippen LogP contribution in [0.3, 0.4) is 0 Å². The normalized spacial score (nSPS) is 14.7. The zero-order valence-electron chi connectivity index (χ0n) is 14.2. The van der Waals surface area contributed by atoms with Crippen LogP contribution >= 0.6 is 0 Å². The lowest BCUT2D eigenvalue weighted by molar-refractivity contribution is -0.135. The van der Waals surface area contributed by atoms with Gasteiger partial charge in [0.2, 0.25) is 6.10 Å². The maximum absolute atomic E-state index is 13.5. The van der Waals surface area contributed by atoms with Gasteiger partial charge in [-0.1, -0.05) is 18.2 Å². The molecule has 10 heteroatoms. The molecule has 2 N–H and O–H groups in total. The molecule has 0 unspecified atom stereocenters. The second-order valence-corrected chi connectivity index (χ2v) is 5.57. The standard InChI is InChI=1S/C18H14F2N2O6/c19-10-4-3-5-11(20)16(10)18(25)27-9-15(23)21-22-17(24)14-8-26-12-6-1-2-7-13(12)28-14/h1-7,14H,8-9H2,(H,21,23)(H,22,24)/t14-/m1/s1. The topological polar surface area (TPSA) is 103 Å². The van der Waals surface area contributed by atoms with E-state index in [2.05, 4.69) is 10.2 Å². The van der Waals surface area contributed by atoms with Crippen LogP contribution in [0.4, 0.5) is 8.78 Å². The number of para-hydroxylation sites is 2. The average Bonchev–Trinajstić information content (AvgIpc) is 2.70. The van der Waals surface area contributed by atoms with Crippen LogP contribution in [-0.2, 0) is 14.3 Å². The molecule has 2 aromatic rings. The summed E-state index contributed by atoms with van der Waals surface area (Å²) in [7, 11) is 0. The van der Waals surface area contributed by atoms with Crippen LogP contribution in [-0.4, -0.2) is 37.1 Å². The Morgan fingerprint density at radius 2 is 1.68 bits per heavy atom. The van der Waals surface area contributed by atoms with Gasteiger partial charge < -0.3 is 14.2 Å². The predicted molar refractivity (Wildman–Crippen MR) is 89.3 cm³/mol. The first-order chi connectivity index (χ1) is 13.5. The number of ether oxygens (including phenoxy) is 3. The fourth-order valence-corrected chi connectivity index (χ4v) is 2.29. The molecule has 0 bridgehead atoms. The molecule has 2 amide bonds. The largest absolute Gasteiger partial charge is 0.485 e. The minimum absolute atomic E-state index is 0.0692. The van der Waals surface area contributed by atoms with Gasteiger partial charge in [0.1, 0.15) is 23.8 Å². The Hall–Kier alpha value is -3.69. The first-order valence-corrected chi connectivity index (χ1v) is 8.04. The van der Waals surface area contributed by atoms with Crippen molar-refractivity contribution >= 4 is 17.8 Å². The molecule has 28 heavy (non-hydrogen) atoms. The Bertz CT molecular complexity index is 900. The minimum atomic E-state index is -1.35. The van der Waals surface area contributed by atoms with Gasteiger partial charge in [-0.3, -0.25) is 20.4 Å². The van der Waals surface area contributed by atoms with Gasteiger partial charge in [-0.15, -0.1) is 0 Å². The lowest BCUT2D eigenvalue weighted by atomic mass is 10.2. The number of rotatable bonds is 4. The van der Waals surface area contributed by atoms with Crippen molar-refractivity contribution in [3.8, 4) is 11.5 Å². The third-order valence-electron chi connectivity index (χ3n) is 3.63. The van der Waals surface area contributed by atoms with Crippen LogP contribution in [0.2, 0.25) is 0 Å². The molecule has 0 aromatic heterocycles. The maximum Gasteiger partial charge on any atom is 0.344 e. The number of carbonyl (C=O) groups is 3. The summed E-state index contributed by atoms with van der Waals surface area (Å²) in [6.45, 7) is -0.933. The summed E-state index contributed by atoms with van der Waals surface area (Å²) >= 11 is 0. The van der Waals surface area contributed by atoms with Crippen molar-refractivity contribution in [2.45, 2.75) is 6.10 Å². The van der Waals surface area contributed by atoms with Gasteiger partial charge in [0.05, 0.1) is 0 Å². The summed E-state index contributed by atoms with van der Waals surface area (Å²) in [5.41, 5.74) is 3.18. The third kappa shape index (κ3) is 4.34. The summed E-state index contributed by atoms with van der Waals surface area (Å²) in [5, 5.41) is 0. The Labute approximate surface area is 157 Å². The first kappa shape index (κ1) is 19.1. The van der Waals surface area contributed by atoms with E-state index < -0.39 is 47.7 Å². The zero-order chi connectivity index (χ0) is 20.1. The number of carbonyl (C=O) groups excluding carboxylic acids is 3. The highest BCUT2D eigenvalue weighted by molar-refractivity contribution is 5.92. The van der Waals surface area contributed by atoms with Crippen molar-refractivity contribution in [3.05, 3.63) is 59.7 Å². The summed E-state index contributed by atoms with van der Waals surface area (Å²) in [5.74, 6) is -4.34. The molecular weight excluding hydrogens is 378 g/mol. The van der Waals surface area contributed by atoms with Crippen LogP contribution in [0.25, 0.3) is 0 Å². The highest BCUT2D eigenvalue weighted by Gasteiger charge is 2.27. The molecule has 1 aliphatic rings. The molecule has 1 atom stereocenters. The number of hydrazine groups is 1. The highest BCUT2D eigenvalue weighted by atomic mass is 19.1. The van der Waals surface area contributed by atoms with Crippen molar-refractivity contribution in [3.63, 3.8) is 0 Å². The Balaban J connectivity index is 1.46. The lowest BCUT2D eigenvalue weighted by Gasteiger charge is -2.25. The molecule has 0 aliphatic carbocycles. The number of amides is 2. The molecular formula is C18H14F2N2O6. The smallest absolute Gasteiger partial charge is 0.344 e. The summed E-state index contributed by atoms with van der Waals surface area (Å²) < 4.78 is 42.3. The molecule has 3 rings (SSSR count). The van der Waals surface area contributed by atoms with Gasteiger partial charge in [-0.25, -0.2) is 13.6 Å². The monoisotopic (exact) mass is 392 g/mol. The lowest BCUT2D eigenvalue weighted by Crippen LogP contribution is -2.51. The molecule has 1 heterocycles. The van der Waals surface area contributed by atoms with Crippen LogP contribution in [0.15, 0.2) is 42.5 Å². The summed E-state index contributed by atoms with van der Waals surface area (Å²) in [6, 6.07) is 9.59. The SMILES string of the molecule is O=C(COC(=O)c1c(F)cccc1F)NNC(=O)[C@H]1COc2ccccc2O1. The van der Waals surface area contributed by atoms with E-state index in [1.54, 1.807) is 24.3 Å². The Kier molecular flexibility index (Phi) is 5.68. The van der Waals surface area contributed by atoms with Crippen molar-refractivity contribution in [2.75, 3.05) is 13.2 Å². The maximum atomic E-state index is 13.5. The predicted octanol–water partition coefficient (Wildman–Crippen LogP) is 1.11. The van der Waals surface area contributed by atoms with Crippen LogP contribution in [0.1, 0.15) is 10.4 Å². The summed E-state index contributed by atoms with van der Waals surface area (Å²) in [4.78, 5) is 35.4.